The predicted molar refractivity (Wildman–Crippen MR) is 102 cm³/mol. The highest BCUT2D eigenvalue weighted by molar-refractivity contribution is 6.10. The Morgan fingerprint density at radius 2 is 1.48 bits per heavy atom. The maximum absolute atomic E-state index is 12.9. The summed E-state index contributed by atoms with van der Waals surface area (Å²) in [6.07, 6.45) is -0.462. The zero-order valence-electron chi connectivity index (χ0n) is 16.1. The standard InChI is InChI=1S/C23H24O4/c1-15(2)25-21-16(3)20(24)23(21)26-17(4)22(27-23,18-11-7-5-8-12-18)19-13-9-6-10-14-19/h5-15,17H,1-4H3/t17-,23?/m1/s1. The minimum atomic E-state index is -1.47. The van der Waals surface area contributed by atoms with Crippen molar-refractivity contribution in [2.75, 3.05) is 0 Å². The van der Waals surface area contributed by atoms with Gasteiger partial charge >= 0.3 is 0 Å². The minimum Gasteiger partial charge on any atom is -0.489 e. The topological polar surface area (TPSA) is 44.8 Å². The average molecular weight is 364 g/mol. The molecule has 0 amide bonds. The van der Waals surface area contributed by atoms with Gasteiger partial charge < -0.3 is 14.2 Å². The van der Waals surface area contributed by atoms with Crippen molar-refractivity contribution in [2.45, 2.75) is 51.3 Å². The molecule has 1 unspecified atom stereocenters. The van der Waals surface area contributed by atoms with Crippen LogP contribution in [-0.2, 0) is 24.6 Å². The Kier molecular flexibility index (Phi) is 4.21. The largest absolute Gasteiger partial charge is 0.489 e. The molecule has 0 N–H and O–H groups in total. The first-order valence-electron chi connectivity index (χ1n) is 9.33. The first kappa shape index (κ1) is 18.0. The van der Waals surface area contributed by atoms with Gasteiger partial charge in [-0.2, -0.15) is 0 Å². The lowest BCUT2D eigenvalue weighted by Gasteiger charge is -2.40. The van der Waals surface area contributed by atoms with Gasteiger partial charge in [-0.25, -0.2) is 0 Å². The van der Waals surface area contributed by atoms with E-state index in [1.165, 1.54) is 0 Å². The lowest BCUT2D eigenvalue weighted by Crippen LogP contribution is -2.54. The molecule has 4 nitrogen and oxygen atoms in total. The molecule has 27 heavy (non-hydrogen) atoms. The molecule has 2 aromatic carbocycles. The van der Waals surface area contributed by atoms with Crippen LogP contribution < -0.4 is 0 Å². The summed E-state index contributed by atoms with van der Waals surface area (Å²) in [4.78, 5) is 12.9. The quantitative estimate of drug-likeness (QED) is 0.809. The van der Waals surface area contributed by atoms with Crippen molar-refractivity contribution in [2.24, 2.45) is 0 Å². The second-order valence-electron chi connectivity index (χ2n) is 7.40. The van der Waals surface area contributed by atoms with Gasteiger partial charge in [0, 0.05) is 5.57 Å². The zero-order chi connectivity index (χ0) is 19.2. The molecule has 2 aromatic rings. The highest BCUT2D eigenvalue weighted by atomic mass is 16.8. The van der Waals surface area contributed by atoms with E-state index in [0.717, 1.165) is 11.1 Å². The first-order valence-corrected chi connectivity index (χ1v) is 9.33. The minimum absolute atomic E-state index is 0.0779. The molecular weight excluding hydrogens is 340 g/mol. The van der Waals surface area contributed by atoms with E-state index in [1.54, 1.807) is 6.92 Å². The van der Waals surface area contributed by atoms with E-state index in [9.17, 15) is 4.79 Å². The van der Waals surface area contributed by atoms with Gasteiger partial charge in [0.05, 0.1) is 12.2 Å². The van der Waals surface area contributed by atoms with Gasteiger partial charge in [-0.05, 0) is 38.8 Å². The maximum Gasteiger partial charge on any atom is 0.295 e. The van der Waals surface area contributed by atoms with Gasteiger partial charge in [0.25, 0.3) is 5.79 Å². The normalized spacial score (nSPS) is 26.6. The summed E-state index contributed by atoms with van der Waals surface area (Å²) in [6.45, 7) is 7.56. The lowest BCUT2D eigenvalue weighted by molar-refractivity contribution is -0.203. The van der Waals surface area contributed by atoms with Crippen molar-refractivity contribution in [3.63, 3.8) is 0 Å². The Hall–Kier alpha value is -2.43. The summed E-state index contributed by atoms with van der Waals surface area (Å²) in [6, 6.07) is 19.8. The molecular formula is C23H24O4. The molecule has 0 saturated carbocycles. The van der Waals surface area contributed by atoms with Gasteiger partial charge in [0.1, 0.15) is 5.60 Å². The van der Waals surface area contributed by atoms with Crippen LogP contribution in [0.4, 0.5) is 0 Å². The highest BCUT2D eigenvalue weighted by Gasteiger charge is 2.68. The van der Waals surface area contributed by atoms with Crippen LogP contribution in [-0.4, -0.2) is 23.8 Å². The van der Waals surface area contributed by atoms with Crippen LogP contribution in [0, 0.1) is 0 Å². The van der Waals surface area contributed by atoms with Crippen LogP contribution in [0.3, 0.4) is 0 Å². The number of carbonyl (C=O) groups excluding carboxylic acids is 1. The second-order valence-corrected chi connectivity index (χ2v) is 7.40. The third kappa shape index (κ3) is 2.47. The number of carbonyl (C=O) groups is 1. The molecule has 1 aliphatic carbocycles. The smallest absolute Gasteiger partial charge is 0.295 e. The summed E-state index contributed by atoms with van der Waals surface area (Å²) in [7, 11) is 0. The molecule has 2 aliphatic rings. The van der Waals surface area contributed by atoms with Crippen molar-refractivity contribution >= 4 is 5.78 Å². The summed E-state index contributed by atoms with van der Waals surface area (Å²) in [5, 5.41) is 0. The van der Waals surface area contributed by atoms with Crippen LogP contribution in [0.5, 0.6) is 0 Å². The fourth-order valence-electron chi connectivity index (χ4n) is 4.03. The molecule has 0 aromatic heterocycles. The number of Topliss-reactive ketones (excluding diaryl/α,β-unsaturated/α-hetero) is 1. The molecule has 2 atom stereocenters. The average Bonchev–Trinajstić information content (AvgIpc) is 3.03. The van der Waals surface area contributed by atoms with Crippen molar-refractivity contribution in [1.29, 1.82) is 0 Å². The number of hydrogen-bond donors (Lipinski definition) is 0. The molecule has 4 rings (SSSR count). The van der Waals surface area contributed by atoms with E-state index in [4.69, 9.17) is 14.2 Å². The van der Waals surface area contributed by atoms with Crippen LogP contribution in [0.15, 0.2) is 72.0 Å². The zero-order valence-corrected chi connectivity index (χ0v) is 16.1. The Morgan fingerprint density at radius 1 is 0.963 bits per heavy atom. The van der Waals surface area contributed by atoms with Crippen LogP contribution in [0.2, 0.25) is 0 Å². The van der Waals surface area contributed by atoms with Gasteiger partial charge in [-0.3, -0.25) is 4.79 Å². The van der Waals surface area contributed by atoms with Crippen LogP contribution in [0.1, 0.15) is 38.8 Å². The van der Waals surface area contributed by atoms with E-state index in [2.05, 4.69) is 0 Å². The number of ether oxygens (including phenoxy) is 3. The van der Waals surface area contributed by atoms with Gasteiger partial charge in [0.2, 0.25) is 5.78 Å². The van der Waals surface area contributed by atoms with Crippen molar-refractivity contribution in [3.05, 3.63) is 83.1 Å². The van der Waals surface area contributed by atoms with E-state index in [0.29, 0.717) is 11.3 Å². The molecule has 1 aliphatic heterocycles. The maximum atomic E-state index is 12.9. The molecule has 0 radical (unpaired) electrons. The third-order valence-electron chi connectivity index (χ3n) is 5.26. The summed E-state index contributed by atoms with van der Waals surface area (Å²) in [5.74, 6) is -1.15. The van der Waals surface area contributed by atoms with Gasteiger partial charge in [-0.15, -0.1) is 0 Å². The van der Waals surface area contributed by atoms with E-state index in [-0.39, 0.29) is 18.0 Å². The third-order valence-corrected chi connectivity index (χ3v) is 5.26. The number of benzene rings is 2. The van der Waals surface area contributed by atoms with Crippen LogP contribution >= 0.6 is 0 Å². The molecule has 4 heteroatoms. The Morgan fingerprint density at radius 3 is 1.96 bits per heavy atom. The molecule has 1 saturated heterocycles. The van der Waals surface area contributed by atoms with Crippen molar-refractivity contribution in [1.82, 2.24) is 0 Å². The number of ketones is 1. The monoisotopic (exact) mass is 364 g/mol. The summed E-state index contributed by atoms with van der Waals surface area (Å²) >= 11 is 0. The highest BCUT2D eigenvalue weighted by Crippen LogP contribution is 2.55. The van der Waals surface area contributed by atoms with Gasteiger partial charge in [-0.1, -0.05) is 60.7 Å². The van der Waals surface area contributed by atoms with E-state index in [1.807, 2.05) is 81.4 Å². The fourth-order valence-corrected chi connectivity index (χ4v) is 4.03. The van der Waals surface area contributed by atoms with E-state index < -0.39 is 11.4 Å². The Labute approximate surface area is 159 Å². The Balaban J connectivity index is 1.87. The number of hydrogen-bond acceptors (Lipinski definition) is 4. The number of rotatable bonds is 4. The fraction of sp³-hybridized carbons (Fsp3) is 0.348. The van der Waals surface area contributed by atoms with Gasteiger partial charge in [0.15, 0.2) is 5.76 Å². The predicted octanol–water partition coefficient (Wildman–Crippen LogP) is 4.34. The molecule has 1 spiro atoms. The Bertz CT molecular complexity index is 846. The van der Waals surface area contributed by atoms with E-state index >= 15 is 0 Å². The molecule has 1 heterocycles. The first-order chi connectivity index (χ1) is 12.9. The summed E-state index contributed by atoms with van der Waals surface area (Å²) in [5.41, 5.74) is 1.56. The molecule has 1 fully saturated rings. The molecule has 140 valence electrons. The molecule has 0 bridgehead atoms. The summed E-state index contributed by atoms with van der Waals surface area (Å²) < 4.78 is 18.8. The van der Waals surface area contributed by atoms with Crippen molar-refractivity contribution < 1.29 is 19.0 Å². The van der Waals surface area contributed by atoms with Crippen molar-refractivity contribution in [3.8, 4) is 0 Å². The second kappa shape index (κ2) is 6.32. The lowest BCUT2D eigenvalue weighted by atomic mass is 9.82. The van der Waals surface area contributed by atoms with Crippen LogP contribution in [0.25, 0.3) is 0 Å². The SMILES string of the molecule is CC1=C(OC(C)C)C2(O[C@H](C)C(c3ccccc3)(c3ccccc3)O2)C1=O.